The van der Waals surface area contributed by atoms with Gasteiger partial charge in [0.25, 0.3) is 5.91 Å². The number of nitrogens with one attached hydrogen (secondary N) is 1. The molecular formula is C29H34Cl2F4N6O3S. The number of halogens is 6. The number of carbonyl (C=O) groups is 1. The highest BCUT2D eigenvalue weighted by atomic mass is 35.5. The van der Waals surface area contributed by atoms with Gasteiger partial charge in [-0.25, -0.2) is 26.0 Å². The molecule has 0 aliphatic carbocycles. The van der Waals surface area contributed by atoms with Gasteiger partial charge in [0.1, 0.15) is 23.3 Å². The molecule has 1 amide bonds. The van der Waals surface area contributed by atoms with Crippen LogP contribution in [0.1, 0.15) is 23.7 Å². The Kier molecular flexibility index (Phi) is 11.7. The molecule has 3 heterocycles. The van der Waals surface area contributed by atoms with Crippen molar-refractivity contribution < 1.29 is 30.8 Å². The first-order valence-corrected chi connectivity index (χ1v) is 15.6. The molecule has 2 aromatic carbocycles. The van der Waals surface area contributed by atoms with Gasteiger partial charge in [-0.15, -0.1) is 24.8 Å². The zero-order chi connectivity index (χ0) is 31.1. The molecule has 9 nitrogen and oxygen atoms in total. The van der Waals surface area contributed by atoms with Gasteiger partial charge in [0.2, 0.25) is 10.0 Å². The molecule has 2 saturated heterocycles. The van der Waals surface area contributed by atoms with E-state index in [4.69, 9.17) is 5.73 Å². The first kappa shape index (κ1) is 36.3. The summed E-state index contributed by atoms with van der Waals surface area (Å²) in [6.07, 6.45) is 4.87. The van der Waals surface area contributed by atoms with Crippen LogP contribution in [0, 0.1) is 29.2 Å². The molecular weight excluding hydrogens is 659 g/mol. The molecule has 0 bridgehead atoms. The zero-order valence-electron chi connectivity index (χ0n) is 24.5. The minimum absolute atomic E-state index is 0. The Morgan fingerprint density at radius 2 is 1.58 bits per heavy atom. The summed E-state index contributed by atoms with van der Waals surface area (Å²) >= 11 is 0. The van der Waals surface area contributed by atoms with E-state index in [1.807, 2.05) is 4.90 Å². The van der Waals surface area contributed by atoms with E-state index in [1.165, 1.54) is 10.5 Å². The van der Waals surface area contributed by atoms with Gasteiger partial charge in [0.05, 0.1) is 40.5 Å². The van der Waals surface area contributed by atoms with Gasteiger partial charge in [0.15, 0.2) is 0 Å². The van der Waals surface area contributed by atoms with Crippen LogP contribution in [0.3, 0.4) is 0 Å². The van der Waals surface area contributed by atoms with Crippen LogP contribution in [0.25, 0.3) is 11.1 Å². The fraction of sp³-hybridized carbons (Fsp3) is 0.379. The summed E-state index contributed by atoms with van der Waals surface area (Å²) in [5.74, 6) is -5.81. The molecule has 2 aliphatic rings. The second-order valence-corrected chi connectivity index (χ2v) is 13.1. The standard InChI is InChI=1S/C29H32F4N6O3S.2ClH/c1-17-11-18(34)16-38(15-17)25-5-6-35-14-24(25)36-29(40)20-3-4-21(30)27(28(20)33)26-22(31)12-19(13-23(26)32)37-7-9-39(10-8-37)43(2,41)42;;/h3-6,12-14,17-18H,7-11,15-16,34H2,1-2H3,(H,36,40);2*1H/t17-,18+;;/m1../s1. The van der Waals surface area contributed by atoms with Crippen LogP contribution in [0.2, 0.25) is 0 Å². The van der Waals surface area contributed by atoms with E-state index in [-0.39, 0.29) is 68.4 Å². The van der Waals surface area contributed by atoms with Crippen molar-refractivity contribution in [1.29, 1.82) is 0 Å². The van der Waals surface area contributed by atoms with Crippen LogP contribution in [0.5, 0.6) is 0 Å². The van der Waals surface area contributed by atoms with E-state index in [0.29, 0.717) is 24.7 Å². The van der Waals surface area contributed by atoms with Crippen molar-refractivity contribution in [2.45, 2.75) is 19.4 Å². The van der Waals surface area contributed by atoms with Gasteiger partial charge in [0, 0.05) is 57.2 Å². The maximum atomic E-state index is 15.8. The molecule has 246 valence electrons. The third-order valence-corrected chi connectivity index (χ3v) is 9.07. The van der Waals surface area contributed by atoms with Crippen LogP contribution in [-0.2, 0) is 10.0 Å². The van der Waals surface area contributed by atoms with Crippen LogP contribution >= 0.6 is 24.8 Å². The third kappa shape index (κ3) is 7.80. The summed E-state index contributed by atoms with van der Waals surface area (Å²) in [6.45, 7) is 3.85. The van der Waals surface area contributed by atoms with E-state index in [0.717, 1.165) is 36.9 Å². The number of piperidine rings is 1. The predicted octanol–water partition coefficient (Wildman–Crippen LogP) is 4.66. The number of carbonyl (C=O) groups excluding carboxylic acids is 1. The highest BCUT2D eigenvalue weighted by Crippen LogP contribution is 2.36. The van der Waals surface area contributed by atoms with E-state index in [9.17, 15) is 17.6 Å². The lowest BCUT2D eigenvalue weighted by Gasteiger charge is -2.37. The Balaban J connectivity index is 0.00000276. The maximum absolute atomic E-state index is 15.8. The predicted molar refractivity (Wildman–Crippen MR) is 171 cm³/mol. The Hall–Kier alpha value is -3.17. The number of amides is 1. The van der Waals surface area contributed by atoms with Gasteiger partial charge in [-0.2, -0.15) is 4.31 Å². The fourth-order valence-corrected chi connectivity index (χ4v) is 6.59. The summed E-state index contributed by atoms with van der Waals surface area (Å²) in [5, 5.41) is 2.60. The van der Waals surface area contributed by atoms with Crippen molar-refractivity contribution >= 4 is 57.8 Å². The van der Waals surface area contributed by atoms with Crippen molar-refractivity contribution in [2.24, 2.45) is 11.7 Å². The quantitative estimate of drug-likeness (QED) is 0.362. The Labute approximate surface area is 271 Å². The van der Waals surface area contributed by atoms with Crippen molar-refractivity contribution in [2.75, 3.05) is 60.6 Å². The van der Waals surface area contributed by atoms with Crippen molar-refractivity contribution in [1.82, 2.24) is 9.29 Å². The number of hydrogen-bond acceptors (Lipinski definition) is 7. The first-order valence-electron chi connectivity index (χ1n) is 13.8. The Morgan fingerprint density at radius 3 is 2.18 bits per heavy atom. The number of anilines is 3. The summed E-state index contributed by atoms with van der Waals surface area (Å²) in [4.78, 5) is 20.9. The third-order valence-electron chi connectivity index (χ3n) is 7.76. The minimum Gasteiger partial charge on any atom is -0.369 e. The van der Waals surface area contributed by atoms with E-state index < -0.39 is 55.9 Å². The van der Waals surface area contributed by atoms with Gasteiger partial charge < -0.3 is 20.9 Å². The Morgan fingerprint density at radius 1 is 0.933 bits per heavy atom. The molecule has 16 heteroatoms. The second-order valence-electron chi connectivity index (χ2n) is 11.1. The average molecular weight is 694 g/mol. The monoisotopic (exact) mass is 692 g/mol. The molecule has 0 radical (unpaired) electrons. The number of sulfonamides is 1. The van der Waals surface area contributed by atoms with E-state index in [1.54, 1.807) is 17.2 Å². The first-order chi connectivity index (χ1) is 20.3. The van der Waals surface area contributed by atoms with Crippen LogP contribution in [0.15, 0.2) is 42.7 Å². The van der Waals surface area contributed by atoms with E-state index >= 15 is 13.2 Å². The molecule has 0 saturated carbocycles. The maximum Gasteiger partial charge on any atom is 0.258 e. The molecule has 0 unspecified atom stereocenters. The molecule has 2 fully saturated rings. The number of piperazine rings is 1. The highest BCUT2D eigenvalue weighted by Gasteiger charge is 2.29. The molecule has 0 spiro atoms. The lowest BCUT2D eigenvalue weighted by Crippen LogP contribution is -2.48. The van der Waals surface area contributed by atoms with Crippen molar-refractivity contribution in [3.8, 4) is 11.1 Å². The summed E-state index contributed by atoms with van der Waals surface area (Å²) in [5.41, 5.74) is 4.59. The van der Waals surface area contributed by atoms with Crippen LogP contribution in [0.4, 0.5) is 34.6 Å². The lowest BCUT2D eigenvalue weighted by atomic mass is 9.96. The van der Waals surface area contributed by atoms with Crippen LogP contribution in [-0.4, -0.2) is 75.2 Å². The number of nitrogens with zero attached hydrogens (tertiary/aromatic N) is 4. The number of nitrogens with two attached hydrogens (primary N) is 1. The molecule has 2 atom stereocenters. The summed E-state index contributed by atoms with van der Waals surface area (Å²) in [6, 6.07) is 5.17. The normalized spacial score (nSPS) is 19.0. The number of pyridine rings is 1. The fourth-order valence-electron chi connectivity index (χ4n) is 5.76. The number of benzene rings is 2. The molecule has 1 aromatic heterocycles. The number of aromatic nitrogens is 1. The molecule has 3 aromatic rings. The van der Waals surface area contributed by atoms with Gasteiger partial charge in [-0.3, -0.25) is 9.78 Å². The topological polar surface area (TPSA) is 112 Å². The van der Waals surface area contributed by atoms with Crippen molar-refractivity contribution in [3.63, 3.8) is 0 Å². The van der Waals surface area contributed by atoms with Gasteiger partial charge in [-0.05, 0) is 42.7 Å². The zero-order valence-corrected chi connectivity index (χ0v) is 26.9. The highest BCUT2D eigenvalue weighted by molar-refractivity contribution is 7.88. The molecule has 45 heavy (non-hydrogen) atoms. The second kappa shape index (κ2) is 14.5. The van der Waals surface area contributed by atoms with Gasteiger partial charge in [-0.1, -0.05) is 6.92 Å². The smallest absolute Gasteiger partial charge is 0.258 e. The number of hydrogen-bond donors (Lipinski definition) is 2. The Bertz CT molecular complexity index is 1630. The largest absolute Gasteiger partial charge is 0.369 e. The molecule has 2 aliphatic heterocycles. The summed E-state index contributed by atoms with van der Waals surface area (Å²) < 4.78 is 86.2. The molecule has 5 rings (SSSR count). The van der Waals surface area contributed by atoms with Crippen LogP contribution < -0.4 is 20.9 Å². The van der Waals surface area contributed by atoms with E-state index in [2.05, 4.69) is 17.2 Å². The average Bonchev–Trinajstić information content (AvgIpc) is 2.93. The number of rotatable bonds is 6. The van der Waals surface area contributed by atoms with Crippen molar-refractivity contribution in [3.05, 3.63) is 71.6 Å². The lowest BCUT2D eigenvalue weighted by molar-refractivity contribution is 0.102. The summed E-state index contributed by atoms with van der Waals surface area (Å²) in [7, 11) is -3.41. The minimum atomic E-state index is -3.41. The molecule has 3 N–H and O–H groups in total. The van der Waals surface area contributed by atoms with Gasteiger partial charge >= 0.3 is 0 Å². The SMILES string of the molecule is C[C@@H]1C[C@H](N)CN(c2ccncc2NC(=O)c2ccc(F)c(-c3c(F)cc(N4CCN(S(C)(=O)=O)CC4)cc3F)c2F)C1.Cl.Cl.